The van der Waals surface area contributed by atoms with Crippen LogP contribution in [0.5, 0.6) is 5.75 Å². The van der Waals surface area contributed by atoms with Gasteiger partial charge < -0.3 is 9.84 Å². The highest BCUT2D eigenvalue weighted by molar-refractivity contribution is 8.01. The van der Waals surface area contributed by atoms with E-state index in [-0.39, 0.29) is 0 Å². The average molecular weight is 573 g/mol. The quantitative estimate of drug-likeness (QED) is 0.103. The van der Waals surface area contributed by atoms with Crippen LogP contribution in [0.4, 0.5) is 13.2 Å². The zero-order valence-corrected chi connectivity index (χ0v) is 23.3. The number of nitrogens with one attached hydrogen (secondary N) is 1. The van der Waals surface area contributed by atoms with E-state index in [9.17, 15) is 18.3 Å². The minimum atomic E-state index is -4.41. The van der Waals surface area contributed by atoms with Gasteiger partial charge >= 0.3 is 6.18 Å². The molecule has 3 aromatic carbocycles. The molecule has 0 bridgehead atoms. The number of hydrogen-bond acceptors (Lipinski definition) is 6. The van der Waals surface area contributed by atoms with Gasteiger partial charge in [0.15, 0.2) is 4.34 Å². The molecular formula is C30H31F3N2O2S2. The van der Waals surface area contributed by atoms with Gasteiger partial charge in [0.1, 0.15) is 12.0 Å². The molecule has 206 valence electrons. The van der Waals surface area contributed by atoms with E-state index < -0.39 is 24.4 Å². The summed E-state index contributed by atoms with van der Waals surface area (Å²) in [7, 11) is 0. The zero-order chi connectivity index (χ0) is 27.5. The first-order chi connectivity index (χ1) is 18.8. The van der Waals surface area contributed by atoms with Crippen LogP contribution in [0, 0.1) is 0 Å². The zero-order valence-electron chi connectivity index (χ0n) is 21.6. The third-order valence-corrected chi connectivity index (χ3v) is 9.41. The van der Waals surface area contributed by atoms with Crippen molar-refractivity contribution in [3.63, 3.8) is 0 Å². The van der Waals surface area contributed by atoms with Crippen LogP contribution in [-0.4, -0.2) is 41.4 Å². The fourth-order valence-electron chi connectivity index (χ4n) is 5.49. The predicted octanol–water partition coefficient (Wildman–Crippen LogP) is 7.78. The Bertz CT molecular complexity index is 1380. The number of nitrogens with zero attached hydrogens (tertiary/aromatic N) is 1. The van der Waals surface area contributed by atoms with E-state index in [0.29, 0.717) is 13.0 Å². The van der Waals surface area contributed by atoms with Crippen LogP contribution in [0.2, 0.25) is 0 Å². The number of aromatic nitrogens is 1. The standard InChI is InChI=1S/C30H31F3N2O2S2/c1-2-37-20-14-15-25-26(18-20)39-28(35-25)38-17-9-3-8-16-29(27(36)34-19-30(31,32)33)23-12-6-4-10-21(23)22-11-5-7-13-24(22)29/h4-7,10-15,18,27,34,36H,2-3,8-9,16-17,19H2,1H3. The van der Waals surface area contributed by atoms with Gasteiger partial charge in [0.2, 0.25) is 0 Å². The van der Waals surface area contributed by atoms with E-state index in [1.807, 2.05) is 73.7 Å². The summed E-state index contributed by atoms with van der Waals surface area (Å²) in [4.78, 5) is 4.71. The summed E-state index contributed by atoms with van der Waals surface area (Å²) >= 11 is 3.38. The van der Waals surface area contributed by atoms with Crippen LogP contribution in [0.25, 0.3) is 21.3 Å². The molecule has 4 nitrogen and oxygen atoms in total. The first-order valence-electron chi connectivity index (χ1n) is 13.2. The second-order valence-electron chi connectivity index (χ2n) is 9.66. The number of thiazole rings is 1. The molecule has 4 aromatic rings. The molecule has 1 unspecified atom stereocenters. The fraction of sp³-hybridized carbons (Fsp3) is 0.367. The van der Waals surface area contributed by atoms with Gasteiger partial charge in [0.05, 0.1) is 28.8 Å². The number of ether oxygens (including phenoxy) is 1. The highest BCUT2D eigenvalue weighted by Crippen LogP contribution is 2.53. The Kier molecular flexibility index (Phi) is 8.52. The SMILES string of the molecule is CCOc1ccc2nc(SCCCCCC3(C(O)NCC(F)(F)F)c4ccccc4-c4ccccc43)sc2c1. The lowest BCUT2D eigenvalue weighted by Gasteiger charge is -2.37. The average Bonchev–Trinajstić information content (AvgIpc) is 3.46. The van der Waals surface area contributed by atoms with Crippen molar-refractivity contribution < 1.29 is 23.0 Å². The van der Waals surface area contributed by atoms with E-state index >= 15 is 0 Å². The topological polar surface area (TPSA) is 54.4 Å². The van der Waals surface area contributed by atoms with Crippen molar-refractivity contribution in [3.05, 3.63) is 77.9 Å². The Morgan fingerprint density at radius 2 is 1.69 bits per heavy atom. The Balaban J connectivity index is 1.26. The maximum absolute atomic E-state index is 13.1. The second-order valence-corrected chi connectivity index (χ2v) is 12.0. The van der Waals surface area contributed by atoms with Crippen molar-refractivity contribution in [2.45, 2.75) is 54.8 Å². The summed E-state index contributed by atoms with van der Waals surface area (Å²) in [5, 5.41) is 13.7. The van der Waals surface area contributed by atoms with Gasteiger partial charge in [-0.25, -0.2) is 4.98 Å². The summed E-state index contributed by atoms with van der Waals surface area (Å²) in [5.41, 5.74) is 3.72. The van der Waals surface area contributed by atoms with E-state index in [0.717, 1.165) is 67.6 Å². The summed E-state index contributed by atoms with van der Waals surface area (Å²) in [6.45, 7) is 1.34. The van der Waals surface area contributed by atoms with Gasteiger partial charge in [-0.05, 0) is 60.2 Å². The number of hydrogen-bond donors (Lipinski definition) is 2. The van der Waals surface area contributed by atoms with Crippen molar-refractivity contribution >= 4 is 33.3 Å². The van der Waals surface area contributed by atoms with Crippen molar-refractivity contribution in [2.24, 2.45) is 0 Å². The van der Waals surface area contributed by atoms with Crippen LogP contribution in [0.15, 0.2) is 71.1 Å². The Morgan fingerprint density at radius 1 is 1.00 bits per heavy atom. The number of aliphatic hydroxyl groups is 1. The molecule has 0 aliphatic heterocycles. The lowest BCUT2D eigenvalue weighted by Crippen LogP contribution is -2.50. The van der Waals surface area contributed by atoms with E-state index in [1.165, 1.54) is 0 Å². The van der Waals surface area contributed by atoms with E-state index in [2.05, 4.69) is 5.32 Å². The molecule has 39 heavy (non-hydrogen) atoms. The third-order valence-electron chi connectivity index (χ3n) is 7.16. The fourth-order valence-corrected chi connectivity index (χ4v) is 7.66. The minimum absolute atomic E-state index is 0.541. The maximum atomic E-state index is 13.1. The number of halogens is 3. The van der Waals surface area contributed by atoms with Crippen LogP contribution in [0.3, 0.4) is 0 Å². The number of benzene rings is 3. The van der Waals surface area contributed by atoms with Gasteiger partial charge in [-0.1, -0.05) is 73.1 Å². The number of rotatable bonds is 12. The Hall–Kier alpha value is -2.59. The molecule has 1 atom stereocenters. The smallest absolute Gasteiger partial charge is 0.401 e. The molecule has 0 saturated carbocycles. The van der Waals surface area contributed by atoms with Gasteiger partial charge in [0, 0.05) is 5.75 Å². The van der Waals surface area contributed by atoms with Crippen LogP contribution >= 0.6 is 23.1 Å². The number of alkyl halides is 3. The third kappa shape index (κ3) is 5.96. The number of fused-ring (bicyclic) bond motifs is 4. The van der Waals surface area contributed by atoms with Crippen molar-refractivity contribution in [3.8, 4) is 16.9 Å². The lowest BCUT2D eigenvalue weighted by molar-refractivity contribution is -0.133. The highest BCUT2D eigenvalue weighted by atomic mass is 32.2. The Morgan fingerprint density at radius 3 is 2.36 bits per heavy atom. The molecule has 0 radical (unpaired) electrons. The summed E-state index contributed by atoms with van der Waals surface area (Å²) in [5.74, 6) is 1.74. The molecule has 9 heteroatoms. The van der Waals surface area contributed by atoms with Gasteiger partial charge in [-0.15, -0.1) is 11.3 Å². The van der Waals surface area contributed by atoms with E-state index in [1.54, 1.807) is 23.1 Å². The second kappa shape index (κ2) is 11.9. The van der Waals surface area contributed by atoms with Gasteiger partial charge in [0.25, 0.3) is 0 Å². The van der Waals surface area contributed by atoms with Crippen molar-refractivity contribution in [2.75, 3.05) is 18.9 Å². The molecule has 5 rings (SSSR count). The molecular weight excluding hydrogens is 541 g/mol. The van der Waals surface area contributed by atoms with E-state index in [4.69, 9.17) is 9.72 Å². The van der Waals surface area contributed by atoms with Gasteiger partial charge in [-0.2, -0.15) is 13.2 Å². The largest absolute Gasteiger partial charge is 0.494 e. The lowest BCUT2D eigenvalue weighted by atomic mass is 9.72. The molecule has 1 aliphatic rings. The predicted molar refractivity (Wildman–Crippen MR) is 153 cm³/mol. The minimum Gasteiger partial charge on any atom is -0.494 e. The Labute approximate surface area is 234 Å². The van der Waals surface area contributed by atoms with Crippen LogP contribution in [0.1, 0.15) is 43.7 Å². The summed E-state index contributed by atoms with van der Waals surface area (Å²) < 4.78 is 47.0. The number of unbranched alkanes of at least 4 members (excludes halogenated alkanes) is 2. The molecule has 1 aromatic heterocycles. The normalized spacial score (nSPS) is 14.8. The van der Waals surface area contributed by atoms with Crippen molar-refractivity contribution in [1.82, 2.24) is 10.3 Å². The number of thioether (sulfide) groups is 1. The van der Waals surface area contributed by atoms with Crippen LogP contribution < -0.4 is 10.1 Å². The molecule has 0 amide bonds. The number of aliphatic hydroxyl groups excluding tert-OH is 1. The monoisotopic (exact) mass is 572 g/mol. The maximum Gasteiger partial charge on any atom is 0.401 e. The summed E-state index contributed by atoms with van der Waals surface area (Å²) in [6, 6.07) is 21.4. The molecule has 0 spiro atoms. The first-order valence-corrected chi connectivity index (χ1v) is 15.0. The van der Waals surface area contributed by atoms with Gasteiger partial charge in [-0.3, -0.25) is 5.32 Å². The van der Waals surface area contributed by atoms with Crippen molar-refractivity contribution in [1.29, 1.82) is 0 Å². The van der Waals surface area contributed by atoms with Crippen LogP contribution in [-0.2, 0) is 5.41 Å². The molecule has 1 heterocycles. The highest BCUT2D eigenvalue weighted by Gasteiger charge is 2.48. The summed E-state index contributed by atoms with van der Waals surface area (Å²) in [6.07, 6.45) is -2.64. The molecule has 0 saturated heterocycles. The first kappa shape index (κ1) is 28.0. The molecule has 0 fully saturated rings. The molecule has 1 aliphatic carbocycles. The molecule has 2 N–H and O–H groups in total.